The van der Waals surface area contributed by atoms with Crippen LogP contribution in [-0.4, -0.2) is 34.6 Å². The Hall–Kier alpha value is -4.07. The number of imidazole rings is 1. The molecule has 2 aromatic heterocycles. The molecule has 0 aliphatic heterocycles. The zero-order chi connectivity index (χ0) is 25.7. The maximum atomic E-state index is 13.4. The molecule has 1 saturated carbocycles. The number of rotatable bonds is 11. The largest absolute Gasteiger partial charge is 0.493 e. The minimum absolute atomic E-state index is 0.0518. The van der Waals surface area contributed by atoms with E-state index in [1.807, 2.05) is 48.5 Å². The lowest BCUT2D eigenvalue weighted by atomic mass is 9.63. The van der Waals surface area contributed by atoms with Crippen LogP contribution in [0.4, 0.5) is 5.82 Å². The molecule has 0 atom stereocenters. The van der Waals surface area contributed by atoms with Gasteiger partial charge in [-0.1, -0.05) is 18.6 Å². The molecule has 4 N–H and O–H groups in total. The molecule has 8 heteroatoms. The van der Waals surface area contributed by atoms with Crippen LogP contribution in [0.2, 0.25) is 0 Å². The Balaban J connectivity index is 1.18. The normalized spacial score (nSPS) is 14.2. The van der Waals surface area contributed by atoms with E-state index in [1.165, 1.54) is 5.56 Å². The highest BCUT2D eigenvalue weighted by Crippen LogP contribution is 2.46. The number of carbonyl (C=O) groups is 1. The molecule has 1 aliphatic carbocycles. The highest BCUT2D eigenvalue weighted by Gasteiger charge is 2.45. The summed E-state index contributed by atoms with van der Waals surface area (Å²) in [5.41, 5.74) is 10.3. The van der Waals surface area contributed by atoms with Gasteiger partial charge in [-0.3, -0.25) is 4.79 Å². The number of anilines is 1. The van der Waals surface area contributed by atoms with E-state index in [1.54, 1.807) is 19.6 Å². The van der Waals surface area contributed by atoms with Crippen molar-refractivity contribution in [2.75, 3.05) is 19.5 Å². The van der Waals surface area contributed by atoms with Crippen LogP contribution in [0.1, 0.15) is 48.8 Å². The Morgan fingerprint density at radius 2 is 1.95 bits per heavy atom. The number of nitrogens with one attached hydrogen (secondary N) is 2. The Labute approximate surface area is 216 Å². The third-order valence-corrected chi connectivity index (χ3v) is 7.26. The first-order valence-corrected chi connectivity index (χ1v) is 12.8. The summed E-state index contributed by atoms with van der Waals surface area (Å²) in [6.45, 7) is 1.06. The Bertz CT molecular complexity index is 1380. The molecule has 0 radical (unpaired) electrons. The number of H-pyrrole nitrogens is 1. The fraction of sp³-hybridized carbons (Fsp3) is 0.345. The van der Waals surface area contributed by atoms with Crippen LogP contribution in [0.25, 0.3) is 11.0 Å². The molecule has 8 nitrogen and oxygen atoms in total. The quantitative estimate of drug-likeness (QED) is 0.258. The van der Waals surface area contributed by atoms with Crippen LogP contribution in [0.5, 0.6) is 11.5 Å². The number of pyridine rings is 1. The molecule has 1 fully saturated rings. The van der Waals surface area contributed by atoms with E-state index in [0.717, 1.165) is 60.7 Å². The van der Waals surface area contributed by atoms with Crippen molar-refractivity contribution in [1.82, 2.24) is 20.3 Å². The lowest BCUT2D eigenvalue weighted by Gasteiger charge is -2.41. The number of unbranched alkanes of at least 4 members (excludes halogenated alkanes) is 1. The number of benzene rings is 2. The van der Waals surface area contributed by atoms with Gasteiger partial charge < -0.3 is 25.5 Å². The third-order valence-electron chi connectivity index (χ3n) is 7.26. The summed E-state index contributed by atoms with van der Waals surface area (Å²) in [6.07, 6.45) is 8.91. The number of methoxy groups -OCH3 is 1. The average molecular weight is 500 g/mol. The first kappa shape index (κ1) is 24.6. The summed E-state index contributed by atoms with van der Waals surface area (Å²) in [7, 11) is 1.64. The van der Waals surface area contributed by atoms with Gasteiger partial charge in [0.15, 0.2) is 11.5 Å². The third kappa shape index (κ3) is 5.38. The average Bonchev–Trinajstić information content (AvgIpc) is 3.35. The van der Waals surface area contributed by atoms with E-state index in [2.05, 4.69) is 20.3 Å². The number of ether oxygens (including phenoxy) is 2. The smallest absolute Gasteiger partial charge is 0.230 e. The summed E-state index contributed by atoms with van der Waals surface area (Å²) in [5.74, 6) is 1.95. The van der Waals surface area contributed by atoms with Crippen LogP contribution in [0.3, 0.4) is 0 Å². The minimum Gasteiger partial charge on any atom is -0.493 e. The van der Waals surface area contributed by atoms with Crippen molar-refractivity contribution in [3.8, 4) is 11.5 Å². The summed E-state index contributed by atoms with van der Waals surface area (Å²) >= 11 is 0. The van der Waals surface area contributed by atoms with E-state index in [9.17, 15) is 4.79 Å². The van der Waals surface area contributed by atoms with E-state index >= 15 is 0 Å². The van der Waals surface area contributed by atoms with Crippen molar-refractivity contribution < 1.29 is 14.3 Å². The van der Waals surface area contributed by atoms with E-state index < -0.39 is 5.41 Å². The standard InChI is InChI=1S/C29H33N5O3/c1-36-26-17-22(7-9-25(26)37-14-3-2-5-20-10-13-31-27(30)16-20)29(11-4-12-29)28(35)32-18-21-6-8-23-24(15-21)34-19-33-23/h6-10,13,15-17,19H,2-5,11-12,14,18H2,1H3,(H2,30,31)(H,32,35)(H,33,34). The highest BCUT2D eigenvalue weighted by molar-refractivity contribution is 5.89. The molecule has 5 rings (SSSR count). The summed E-state index contributed by atoms with van der Waals surface area (Å²) in [6, 6.07) is 15.8. The Morgan fingerprint density at radius 1 is 1.05 bits per heavy atom. The fourth-order valence-electron chi connectivity index (χ4n) is 4.97. The van der Waals surface area contributed by atoms with Crippen molar-refractivity contribution in [3.05, 3.63) is 77.7 Å². The predicted octanol–water partition coefficient (Wildman–Crippen LogP) is 4.69. The number of aromatic nitrogens is 3. The summed E-state index contributed by atoms with van der Waals surface area (Å²) < 4.78 is 11.7. The first-order valence-electron chi connectivity index (χ1n) is 12.8. The van der Waals surface area contributed by atoms with Crippen LogP contribution in [-0.2, 0) is 23.2 Å². The van der Waals surface area contributed by atoms with Crippen LogP contribution >= 0.6 is 0 Å². The molecular weight excluding hydrogens is 466 g/mol. The number of amides is 1. The number of aromatic amines is 1. The fourth-order valence-corrected chi connectivity index (χ4v) is 4.97. The van der Waals surface area contributed by atoms with Crippen molar-refractivity contribution in [2.24, 2.45) is 0 Å². The van der Waals surface area contributed by atoms with Crippen molar-refractivity contribution in [2.45, 2.75) is 50.5 Å². The zero-order valence-corrected chi connectivity index (χ0v) is 21.1. The number of carbonyl (C=O) groups excluding carboxylic acids is 1. The van der Waals surface area contributed by atoms with Gasteiger partial charge >= 0.3 is 0 Å². The van der Waals surface area contributed by atoms with E-state index in [-0.39, 0.29) is 5.91 Å². The van der Waals surface area contributed by atoms with Gasteiger partial charge in [-0.15, -0.1) is 0 Å². The van der Waals surface area contributed by atoms with E-state index in [4.69, 9.17) is 15.2 Å². The van der Waals surface area contributed by atoms with Crippen LogP contribution < -0.4 is 20.5 Å². The molecule has 0 unspecified atom stereocenters. The molecule has 0 spiro atoms. The SMILES string of the molecule is COc1cc(C2(C(=O)NCc3ccc4nc[nH]c4c3)CCC2)ccc1OCCCCc1ccnc(N)c1. The molecular formula is C29H33N5O3. The number of nitrogens with zero attached hydrogens (tertiary/aromatic N) is 2. The second-order valence-corrected chi connectivity index (χ2v) is 9.63. The number of hydrogen-bond donors (Lipinski definition) is 3. The lowest BCUT2D eigenvalue weighted by Crippen LogP contribution is -2.49. The summed E-state index contributed by atoms with van der Waals surface area (Å²) in [4.78, 5) is 24.8. The molecule has 1 amide bonds. The van der Waals surface area contributed by atoms with Gasteiger partial charge in [-0.05, 0) is 85.2 Å². The minimum atomic E-state index is -0.531. The molecule has 0 bridgehead atoms. The first-order chi connectivity index (χ1) is 18.1. The van der Waals surface area contributed by atoms with E-state index in [0.29, 0.717) is 30.5 Å². The molecule has 0 saturated heterocycles. The number of hydrogen-bond acceptors (Lipinski definition) is 6. The second-order valence-electron chi connectivity index (χ2n) is 9.63. The van der Waals surface area contributed by atoms with Gasteiger partial charge in [0.05, 0.1) is 36.5 Å². The maximum Gasteiger partial charge on any atom is 0.230 e. The maximum absolute atomic E-state index is 13.4. The summed E-state index contributed by atoms with van der Waals surface area (Å²) in [5, 5.41) is 3.16. The van der Waals surface area contributed by atoms with Gasteiger partial charge in [0.1, 0.15) is 5.82 Å². The van der Waals surface area contributed by atoms with Crippen molar-refractivity contribution in [1.29, 1.82) is 0 Å². The number of fused-ring (bicyclic) bond motifs is 1. The Morgan fingerprint density at radius 3 is 2.73 bits per heavy atom. The second kappa shape index (κ2) is 10.9. The monoisotopic (exact) mass is 499 g/mol. The highest BCUT2D eigenvalue weighted by atomic mass is 16.5. The predicted molar refractivity (Wildman–Crippen MR) is 144 cm³/mol. The van der Waals surface area contributed by atoms with Crippen molar-refractivity contribution in [3.63, 3.8) is 0 Å². The van der Waals surface area contributed by atoms with Gasteiger partial charge in [-0.2, -0.15) is 0 Å². The van der Waals surface area contributed by atoms with Gasteiger partial charge in [0.25, 0.3) is 0 Å². The lowest BCUT2D eigenvalue weighted by molar-refractivity contribution is -0.130. The van der Waals surface area contributed by atoms with Crippen molar-refractivity contribution >= 4 is 22.8 Å². The van der Waals surface area contributed by atoms with Gasteiger partial charge in [0, 0.05) is 12.7 Å². The zero-order valence-electron chi connectivity index (χ0n) is 21.1. The number of nitrogen functional groups attached to an aromatic ring is 1. The molecule has 2 aromatic carbocycles. The Kier molecular flexibility index (Phi) is 7.25. The number of aryl methyl sites for hydroxylation is 1. The van der Waals surface area contributed by atoms with Crippen LogP contribution in [0.15, 0.2) is 61.1 Å². The topological polar surface area (TPSA) is 115 Å². The molecule has 4 aromatic rings. The molecule has 1 aliphatic rings. The van der Waals surface area contributed by atoms with Crippen LogP contribution in [0, 0.1) is 0 Å². The van der Waals surface area contributed by atoms with Gasteiger partial charge in [-0.25, -0.2) is 9.97 Å². The van der Waals surface area contributed by atoms with Gasteiger partial charge in [0.2, 0.25) is 5.91 Å². The molecule has 2 heterocycles. The molecule has 192 valence electrons. The number of nitrogens with two attached hydrogens (primary N) is 1. The molecule has 37 heavy (non-hydrogen) atoms.